The van der Waals surface area contributed by atoms with Gasteiger partial charge in [-0.05, 0) is 56.3 Å². The zero-order chi connectivity index (χ0) is 11.3. The Balaban J connectivity index is 2.41. The van der Waals surface area contributed by atoms with E-state index in [9.17, 15) is 0 Å². The monoisotopic (exact) mass is 206 g/mol. The third-order valence-electron chi connectivity index (χ3n) is 5.53. The molecule has 86 valence electrons. The first kappa shape index (κ1) is 11.2. The minimum Gasteiger partial charge on any atom is -0.0738 e. The lowest BCUT2D eigenvalue weighted by molar-refractivity contribution is 0.0128. The quantitative estimate of drug-likeness (QED) is 0.492. The molecule has 0 aromatic heterocycles. The third-order valence-corrected chi connectivity index (χ3v) is 5.53. The molecule has 0 heteroatoms. The van der Waals surface area contributed by atoms with Gasteiger partial charge in [0.15, 0.2) is 0 Å². The van der Waals surface area contributed by atoms with Crippen LogP contribution in [0, 0.1) is 16.7 Å². The first-order chi connectivity index (χ1) is 6.88. The Hall–Kier alpha value is -0.260. The molecule has 0 amide bonds. The summed E-state index contributed by atoms with van der Waals surface area (Å²) in [5.74, 6) is 0.919. The summed E-state index contributed by atoms with van der Waals surface area (Å²) in [6, 6.07) is 0. The van der Waals surface area contributed by atoms with Crippen molar-refractivity contribution in [3.63, 3.8) is 0 Å². The fourth-order valence-corrected chi connectivity index (χ4v) is 4.32. The Morgan fingerprint density at radius 2 is 1.73 bits per heavy atom. The van der Waals surface area contributed by atoms with Crippen LogP contribution < -0.4 is 0 Å². The molecule has 15 heavy (non-hydrogen) atoms. The van der Waals surface area contributed by atoms with Crippen LogP contribution in [0.3, 0.4) is 0 Å². The average Bonchev–Trinajstić information content (AvgIpc) is 2.12. The van der Waals surface area contributed by atoms with Crippen LogP contribution in [-0.4, -0.2) is 0 Å². The lowest BCUT2D eigenvalue weighted by Crippen LogP contribution is -2.44. The molecule has 0 N–H and O–H groups in total. The van der Waals surface area contributed by atoms with E-state index in [2.05, 4.69) is 34.6 Å². The van der Waals surface area contributed by atoms with Crippen molar-refractivity contribution in [3.8, 4) is 0 Å². The van der Waals surface area contributed by atoms with Crippen molar-refractivity contribution in [3.05, 3.63) is 11.1 Å². The lowest BCUT2D eigenvalue weighted by Gasteiger charge is -2.54. The van der Waals surface area contributed by atoms with E-state index in [1.165, 1.54) is 32.1 Å². The molecule has 1 unspecified atom stereocenters. The second-order valence-electron chi connectivity index (χ2n) is 6.76. The summed E-state index contributed by atoms with van der Waals surface area (Å²) in [4.78, 5) is 0. The Kier molecular flexibility index (Phi) is 2.52. The summed E-state index contributed by atoms with van der Waals surface area (Å²) in [6.07, 6.45) is 7.04. The van der Waals surface area contributed by atoms with Crippen LogP contribution in [0.25, 0.3) is 0 Å². The number of fused-ring (bicyclic) bond motifs is 1. The van der Waals surface area contributed by atoms with E-state index in [4.69, 9.17) is 0 Å². The van der Waals surface area contributed by atoms with Crippen molar-refractivity contribution in [1.29, 1.82) is 0 Å². The first-order valence-corrected chi connectivity index (χ1v) is 6.55. The fourth-order valence-electron chi connectivity index (χ4n) is 4.32. The van der Waals surface area contributed by atoms with Gasteiger partial charge in [-0.1, -0.05) is 38.3 Å². The Morgan fingerprint density at radius 3 is 2.40 bits per heavy atom. The maximum absolute atomic E-state index is 2.52. The molecule has 0 saturated heterocycles. The van der Waals surface area contributed by atoms with E-state index in [0.29, 0.717) is 10.8 Å². The van der Waals surface area contributed by atoms with Crippen LogP contribution in [0.15, 0.2) is 11.1 Å². The highest BCUT2D eigenvalue weighted by Crippen LogP contribution is 2.59. The molecule has 2 aliphatic carbocycles. The molecular weight excluding hydrogens is 180 g/mol. The van der Waals surface area contributed by atoms with Gasteiger partial charge >= 0.3 is 0 Å². The van der Waals surface area contributed by atoms with E-state index in [1.54, 1.807) is 11.1 Å². The SMILES string of the molecule is CC1=C(C)[C@@]2(C)CCCC(C)(C)C2CC1. The maximum Gasteiger partial charge on any atom is -0.00831 e. The molecule has 2 rings (SSSR count). The van der Waals surface area contributed by atoms with Crippen LogP contribution in [-0.2, 0) is 0 Å². The second-order valence-corrected chi connectivity index (χ2v) is 6.76. The van der Waals surface area contributed by atoms with Crippen molar-refractivity contribution in [2.45, 2.75) is 66.7 Å². The molecule has 0 radical (unpaired) electrons. The predicted octanol–water partition coefficient (Wildman–Crippen LogP) is 4.95. The Morgan fingerprint density at radius 1 is 1.07 bits per heavy atom. The highest BCUT2D eigenvalue weighted by atomic mass is 14.5. The highest BCUT2D eigenvalue weighted by Gasteiger charge is 2.48. The Bertz CT molecular complexity index is 295. The molecule has 0 aromatic carbocycles. The molecule has 0 aliphatic heterocycles. The maximum atomic E-state index is 2.52. The highest BCUT2D eigenvalue weighted by molar-refractivity contribution is 5.25. The molecule has 0 aromatic rings. The van der Waals surface area contributed by atoms with Crippen molar-refractivity contribution < 1.29 is 0 Å². The molecule has 0 heterocycles. The standard InChI is InChI=1S/C15H26/c1-11-7-8-13-14(3,4)9-6-10-15(13,5)12(11)2/h13H,6-10H2,1-5H3/t13?,15-/m1/s1. The molecule has 0 bridgehead atoms. The normalized spacial score (nSPS) is 40.2. The van der Waals surface area contributed by atoms with Gasteiger partial charge in [-0.2, -0.15) is 0 Å². The van der Waals surface area contributed by atoms with Crippen molar-refractivity contribution >= 4 is 0 Å². The summed E-state index contributed by atoms with van der Waals surface area (Å²) in [7, 11) is 0. The Labute approximate surface area is 95.1 Å². The summed E-state index contributed by atoms with van der Waals surface area (Å²) in [5, 5.41) is 0. The lowest BCUT2D eigenvalue weighted by atomic mass is 9.50. The van der Waals surface area contributed by atoms with Crippen molar-refractivity contribution in [2.24, 2.45) is 16.7 Å². The van der Waals surface area contributed by atoms with Gasteiger partial charge in [0, 0.05) is 0 Å². The smallest absolute Gasteiger partial charge is 0.00831 e. The molecule has 2 aliphatic rings. The van der Waals surface area contributed by atoms with Crippen LogP contribution in [0.4, 0.5) is 0 Å². The van der Waals surface area contributed by atoms with E-state index < -0.39 is 0 Å². The van der Waals surface area contributed by atoms with Crippen LogP contribution >= 0.6 is 0 Å². The fraction of sp³-hybridized carbons (Fsp3) is 0.867. The molecule has 0 spiro atoms. The molecule has 1 fully saturated rings. The van der Waals surface area contributed by atoms with Gasteiger partial charge in [0.2, 0.25) is 0 Å². The minimum absolute atomic E-state index is 0.518. The number of rotatable bonds is 0. The number of hydrogen-bond acceptors (Lipinski definition) is 0. The largest absolute Gasteiger partial charge is 0.0738 e. The average molecular weight is 206 g/mol. The zero-order valence-electron chi connectivity index (χ0n) is 11.1. The van der Waals surface area contributed by atoms with Gasteiger partial charge in [0.05, 0.1) is 0 Å². The summed E-state index contributed by atoms with van der Waals surface area (Å²) in [5.41, 5.74) is 4.47. The van der Waals surface area contributed by atoms with Crippen LogP contribution in [0.2, 0.25) is 0 Å². The van der Waals surface area contributed by atoms with Crippen molar-refractivity contribution in [2.75, 3.05) is 0 Å². The zero-order valence-corrected chi connectivity index (χ0v) is 11.1. The number of hydrogen-bond donors (Lipinski definition) is 0. The van der Waals surface area contributed by atoms with Crippen LogP contribution in [0.5, 0.6) is 0 Å². The van der Waals surface area contributed by atoms with Crippen molar-refractivity contribution in [1.82, 2.24) is 0 Å². The van der Waals surface area contributed by atoms with Gasteiger partial charge in [0.25, 0.3) is 0 Å². The van der Waals surface area contributed by atoms with Gasteiger partial charge in [-0.25, -0.2) is 0 Å². The van der Waals surface area contributed by atoms with Gasteiger partial charge in [-0.3, -0.25) is 0 Å². The van der Waals surface area contributed by atoms with E-state index in [-0.39, 0.29) is 0 Å². The summed E-state index contributed by atoms with van der Waals surface area (Å²) in [6.45, 7) is 12.2. The van der Waals surface area contributed by atoms with Crippen LogP contribution in [0.1, 0.15) is 66.7 Å². The minimum atomic E-state index is 0.518. The van der Waals surface area contributed by atoms with Gasteiger partial charge in [-0.15, -0.1) is 0 Å². The second kappa shape index (κ2) is 3.37. The first-order valence-electron chi connectivity index (χ1n) is 6.55. The molecular formula is C15H26. The van der Waals surface area contributed by atoms with E-state index in [1.807, 2.05) is 0 Å². The van der Waals surface area contributed by atoms with E-state index in [0.717, 1.165) is 5.92 Å². The molecule has 1 saturated carbocycles. The van der Waals surface area contributed by atoms with Gasteiger partial charge < -0.3 is 0 Å². The predicted molar refractivity (Wildman–Crippen MR) is 66.8 cm³/mol. The summed E-state index contributed by atoms with van der Waals surface area (Å²) >= 11 is 0. The summed E-state index contributed by atoms with van der Waals surface area (Å²) < 4.78 is 0. The van der Waals surface area contributed by atoms with Gasteiger partial charge in [0.1, 0.15) is 0 Å². The topological polar surface area (TPSA) is 0 Å². The molecule has 0 nitrogen and oxygen atoms in total. The number of allylic oxidation sites excluding steroid dienone is 2. The third kappa shape index (κ3) is 1.57. The molecule has 2 atom stereocenters. The van der Waals surface area contributed by atoms with E-state index >= 15 is 0 Å².